The van der Waals surface area contributed by atoms with E-state index in [1.807, 2.05) is 30.3 Å². The van der Waals surface area contributed by atoms with E-state index in [0.29, 0.717) is 12.2 Å². The molecule has 0 saturated heterocycles. The molecule has 28 heavy (non-hydrogen) atoms. The van der Waals surface area contributed by atoms with Crippen LogP contribution in [0.1, 0.15) is 27.3 Å². The van der Waals surface area contributed by atoms with Crippen molar-refractivity contribution < 1.29 is 9.53 Å². The molecule has 9 heteroatoms. The van der Waals surface area contributed by atoms with Crippen molar-refractivity contribution in [3.05, 3.63) is 84.9 Å². The van der Waals surface area contributed by atoms with Gasteiger partial charge in [0.1, 0.15) is 17.3 Å². The normalized spacial score (nSPS) is 10.9. The molecule has 0 aliphatic carbocycles. The highest BCUT2D eigenvalue weighted by molar-refractivity contribution is 6.32. The molecule has 0 radical (unpaired) electrons. The second-order valence-electron chi connectivity index (χ2n) is 6.35. The summed E-state index contributed by atoms with van der Waals surface area (Å²) in [5.41, 5.74) is 0.895. The summed E-state index contributed by atoms with van der Waals surface area (Å²) in [7, 11) is 2.88. The third-order valence-electron chi connectivity index (χ3n) is 4.42. The number of aromatic nitrogens is 4. The van der Waals surface area contributed by atoms with Crippen LogP contribution in [0.5, 0.6) is 0 Å². The first-order chi connectivity index (χ1) is 13.3. The van der Waals surface area contributed by atoms with Gasteiger partial charge in [0.05, 0.1) is 17.9 Å². The Labute approximate surface area is 165 Å². The quantitative estimate of drug-likeness (QED) is 0.605. The van der Waals surface area contributed by atoms with Crippen molar-refractivity contribution in [3.8, 4) is 0 Å². The number of hydrogen-bond donors (Lipinski definition) is 0. The summed E-state index contributed by atoms with van der Waals surface area (Å²) in [5.74, 6) is -0.671. The second-order valence-corrected chi connectivity index (χ2v) is 6.70. The molecule has 1 aromatic carbocycles. The maximum Gasteiger partial charge on any atom is 0.343 e. The summed E-state index contributed by atoms with van der Waals surface area (Å²) in [5, 5.41) is 4.48. The number of nitrogens with zero attached hydrogens (tertiary/aromatic N) is 4. The van der Waals surface area contributed by atoms with Crippen LogP contribution in [0.15, 0.2) is 46.0 Å². The smallest absolute Gasteiger partial charge is 0.343 e. The van der Waals surface area contributed by atoms with E-state index in [1.165, 1.54) is 29.4 Å². The van der Waals surface area contributed by atoms with Crippen molar-refractivity contribution in [1.82, 2.24) is 18.9 Å². The Hall–Kier alpha value is -3.13. The molecular weight excluding hydrogens is 384 g/mol. The first-order valence-electron chi connectivity index (χ1n) is 8.49. The molecule has 3 aromatic rings. The van der Waals surface area contributed by atoms with Gasteiger partial charge in [0.25, 0.3) is 5.56 Å². The van der Waals surface area contributed by atoms with E-state index in [2.05, 4.69) is 5.10 Å². The van der Waals surface area contributed by atoms with Gasteiger partial charge in [-0.15, -0.1) is 0 Å². The van der Waals surface area contributed by atoms with Gasteiger partial charge >= 0.3 is 11.7 Å². The summed E-state index contributed by atoms with van der Waals surface area (Å²) in [6, 6.07) is 10.8. The molecule has 0 atom stereocenters. The number of aryl methyl sites for hydroxylation is 1. The molecule has 2 heterocycles. The lowest BCUT2D eigenvalue weighted by molar-refractivity contribution is 0.0462. The molecule has 146 valence electrons. The number of halogens is 1. The number of rotatable bonds is 5. The Balaban J connectivity index is 1.80. The highest BCUT2D eigenvalue weighted by atomic mass is 35.5. The molecule has 0 amide bonds. The topological polar surface area (TPSA) is 88.1 Å². The van der Waals surface area contributed by atoms with E-state index < -0.39 is 17.2 Å². The van der Waals surface area contributed by atoms with Crippen molar-refractivity contribution in [2.24, 2.45) is 14.1 Å². The van der Waals surface area contributed by atoms with Gasteiger partial charge in [-0.3, -0.25) is 13.9 Å². The highest BCUT2D eigenvalue weighted by Gasteiger charge is 2.22. The van der Waals surface area contributed by atoms with Crippen molar-refractivity contribution in [3.63, 3.8) is 0 Å². The zero-order valence-electron chi connectivity index (χ0n) is 15.7. The third kappa shape index (κ3) is 3.77. The van der Waals surface area contributed by atoms with Crippen LogP contribution in [0.4, 0.5) is 0 Å². The monoisotopic (exact) mass is 402 g/mol. The fourth-order valence-electron chi connectivity index (χ4n) is 2.77. The van der Waals surface area contributed by atoms with Crippen LogP contribution in [-0.2, 0) is 32.0 Å². The van der Waals surface area contributed by atoms with E-state index in [0.717, 1.165) is 10.1 Å². The minimum atomic E-state index is -0.671. The Kier molecular flexibility index (Phi) is 5.51. The predicted molar refractivity (Wildman–Crippen MR) is 104 cm³/mol. The molecule has 8 nitrogen and oxygen atoms in total. The van der Waals surface area contributed by atoms with Crippen LogP contribution in [0.25, 0.3) is 0 Å². The minimum Gasteiger partial charge on any atom is -0.456 e. The SMILES string of the molecule is Cc1nn(Cc2ccccc2)c(Cl)c1C(=O)OCc1cc(=O)n(C)c(=O)n1C. The summed E-state index contributed by atoms with van der Waals surface area (Å²) < 4.78 is 9.03. The number of esters is 1. The Morgan fingerprint density at radius 3 is 2.50 bits per heavy atom. The molecule has 0 aliphatic rings. The number of carbonyl (C=O) groups excluding carboxylic acids is 1. The third-order valence-corrected chi connectivity index (χ3v) is 4.81. The van der Waals surface area contributed by atoms with Gasteiger partial charge < -0.3 is 4.74 Å². The molecule has 0 aliphatic heterocycles. The number of ether oxygens (including phenoxy) is 1. The van der Waals surface area contributed by atoms with Crippen molar-refractivity contribution >= 4 is 17.6 Å². The summed E-state index contributed by atoms with van der Waals surface area (Å²) >= 11 is 6.35. The van der Waals surface area contributed by atoms with Crippen molar-refractivity contribution in [1.29, 1.82) is 0 Å². The average molecular weight is 403 g/mol. The van der Waals surface area contributed by atoms with E-state index in [-0.39, 0.29) is 23.0 Å². The fourth-order valence-corrected chi connectivity index (χ4v) is 3.09. The van der Waals surface area contributed by atoms with Gasteiger partial charge in [-0.05, 0) is 12.5 Å². The lowest BCUT2D eigenvalue weighted by atomic mass is 10.2. The molecule has 0 saturated carbocycles. The number of hydrogen-bond acceptors (Lipinski definition) is 5. The van der Waals surface area contributed by atoms with E-state index in [4.69, 9.17) is 16.3 Å². The van der Waals surface area contributed by atoms with Crippen LogP contribution in [0.2, 0.25) is 5.15 Å². The van der Waals surface area contributed by atoms with E-state index in [9.17, 15) is 14.4 Å². The number of carbonyl (C=O) groups is 1. The Morgan fingerprint density at radius 1 is 1.14 bits per heavy atom. The lowest BCUT2D eigenvalue weighted by Crippen LogP contribution is -2.38. The first-order valence-corrected chi connectivity index (χ1v) is 8.87. The fraction of sp³-hybridized carbons (Fsp3) is 0.263. The highest BCUT2D eigenvalue weighted by Crippen LogP contribution is 2.22. The summed E-state index contributed by atoms with van der Waals surface area (Å²) in [6.45, 7) is 1.84. The lowest BCUT2D eigenvalue weighted by Gasteiger charge is -2.10. The van der Waals surface area contributed by atoms with E-state index in [1.54, 1.807) is 6.92 Å². The molecule has 0 bridgehead atoms. The molecule has 3 rings (SSSR count). The van der Waals surface area contributed by atoms with Gasteiger partial charge in [0.2, 0.25) is 0 Å². The second kappa shape index (κ2) is 7.85. The summed E-state index contributed by atoms with van der Waals surface area (Å²) in [4.78, 5) is 36.3. The standard InChI is InChI=1S/C19H19ClN4O4/c1-12-16(17(20)24(21-12)10-13-7-5-4-6-8-13)18(26)28-11-14-9-15(25)23(3)19(27)22(14)2/h4-9H,10-11H2,1-3H3. The predicted octanol–water partition coefficient (Wildman–Crippen LogP) is 1.65. The maximum atomic E-state index is 12.5. The van der Waals surface area contributed by atoms with Crippen molar-refractivity contribution in [2.75, 3.05) is 0 Å². The van der Waals surface area contributed by atoms with Gasteiger partial charge in [-0.2, -0.15) is 5.10 Å². The van der Waals surface area contributed by atoms with Gasteiger partial charge in [0, 0.05) is 20.2 Å². The van der Waals surface area contributed by atoms with Gasteiger partial charge in [-0.25, -0.2) is 14.3 Å². The molecular formula is C19H19ClN4O4. The average Bonchev–Trinajstić information content (AvgIpc) is 2.95. The largest absolute Gasteiger partial charge is 0.456 e. The maximum absolute atomic E-state index is 12.5. The summed E-state index contributed by atoms with van der Waals surface area (Å²) in [6.07, 6.45) is 0. The minimum absolute atomic E-state index is 0.159. The molecule has 0 fully saturated rings. The molecule has 0 spiro atoms. The number of benzene rings is 1. The van der Waals surface area contributed by atoms with Gasteiger partial charge in [-0.1, -0.05) is 41.9 Å². The first kappa shape index (κ1) is 19.6. The molecule has 0 unspecified atom stereocenters. The van der Waals surface area contributed by atoms with Crippen LogP contribution in [0, 0.1) is 6.92 Å². The Morgan fingerprint density at radius 2 is 1.82 bits per heavy atom. The van der Waals surface area contributed by atoms with Crippen LogP contribution in [-0.4, -0.2) is 24.9 Å². The molecule has 0 N–H and O–H groups in total. The van der Waals surface area contributed by atoms with Crippen LogP contribution in [0.3, 0.4) is 0 Å². The Bertz CT molecular complexity index is 1150. The van der Waals surface area contributed by atoms with Crippen LogP contribution >= 0.6 is 11.6 Å². The van der Waals surface area contributed by atoms with Crippen LogP contribution < -0.4 is 11.2 Å². The zero-order chi connectivity index (χ0) is 20.4. The van der Waals surface area contributed by atoms with Crippen molar-refractivity contribution in [2.45, 2.75) is 20.1 Å². The molecule has 2 aromatic heterocycles. The zero-order valence-corrected chi connectivity index (χ0v) is 16.4. The van der Waals surface area contributed by atoms with E-state index >= 15 is 0 Å². The van der Waals surface area contributed by atoms with Gasteiger partial charge in [0.15, 0.2) is 0 Å².